The minimum Gasteiger partial charge on any atom is -0.476 e. The number of aryl methyl sites for hydroxylation is 2. The first-order valence-corrected chi connectivity index (χ1v) is 8.39. The molecule has 0 amide bonds. The molecule has 136 valence electrons. The van der Waals surface area contributed by atoms with E-state index in [1.165, 1.54) is 0 Å². The topological polar surface area (TPSA) is 49.1 Å². The maximum Gasteiger partial charge on any atom is 0.349 e. The fraction of sp³-hybridized carbons (Fsp3) is 0.333. The van der Waals surface area contributed by atoms with Gasteiger partial charge in [-0.25, -0.2) is 9.64 Å². The van der Waals surface area contributed by atoms with Crippen LogP contribution in [-0.2, 0) is 9.53 Å². The molecule has 0 saturated carbocycles. The van der Waals surface area contributed by atoms with Gasteiger partial charge in [0.1, 0.15) is 17.2 Å². The van der Waals surface area contributed by atoms with Gasteiger partial charge in [-0.15, -0.1) is 0 Å². The number of esters is 1. The lowest BCUT2D eigenvalue weighted by Gasteiger charge is -2.25. The van der Waals surface area contributed by atoms with E-state index in [1.54, 1.807) is 45.0 Å². The third-order valence-corrected chi connectivity index (χ3v) is 3.68. The molecular weight excluding hydrogens is 330 g/mol. The fourth-order valence-corrected chi connectivity index (χ4v) is 2.41. The monoisotopic (exact) mass is 353 g/mol. The smallest absolute Gasteiger partial charge is 0.349 e. The lowest BCUT2D eigenvalue weighted by molar-refractivity contribution is -0.158. The summed E-state index contributed by atoms with van der Waals surface area (Å²) in [6, 6.07) is 10.7. The van der Waals surface area contributed by atoms with E-state index in [0.717, 1.165) is 11.1 Å². The van der Waals surface area contributed by atoms with Crippen LogP contribution in [0.3, 0.4) is 0 Å². The van der Waals surface area contributed by atoms with E-state index in [9.17, 15) is 4.79 Å². The number of carbonyl (C=O) groups excluding carboxylic acids is 1. The third kappa shape index (κ3) is 4.76. The molecule has 0 aliphatic rings. The minimum absolute atomic E-state index is 0.306. The van der Waals surface area contributed by atoms with Gasteiger partial charge in [0, 0.05) is 0 Å². The Labute approximate surface area is 154 Å². The van der Waals surface area contributed by atoms with Crippen molar-refractivity contribution >= 4 is 11.7 Å². The first kappa shape index (κ1) is 19.3. The van der Waals surface area contributed by atoms with Crippen molar-refractivity contribution < 1.29 is 19.0 Å². The lowest BCUT2D eigenvalue weighted by Crippen LogP contribution is -2.39. The van der Waals surface area contributed by atoms with Gasteiger partial charge in [-0.05, 0) is 70.5 Å². The molecule has 0 atom stereocenters. The van der Waals surface area contributed by atoms with Crippen molar-refractivity contribution in [2.45, 2.75) is 40.2 Å². The second-order valence-electron chi connectivity index (χ2n) is 6.48. The molecule has 0 spiro atoms. The summed E-state index contributed by atoms with van der Waals surface area (Å²) in [6.07, 6.45) is 0. The summed E-state index contributed by atoms with van der Waals surface area (Å²) < 4.78 is 16.7. The highest BCUT2D eigenvalue weighted by molar-refractivity contribution is 5.79. The molecule has 2 rings (SSSR count). The molecule has 0 saturated heterocycles. The second-order valence-corrected chi connectivity index (χ2v) is 6.48. The minimum atomic E-state index is -1.08. The number of nitrogens with zero attached hydrogens (tertiary/aromatic N) is 1. The van der Waals surface area contributed by atoms with E-state index in [-0.39, 0.29) is 0 Å². The molecule has 0 bridgehead atoms. The van der Waals surface area contributed by atoms with Gasteiger partial charge in [-0.2, -0.15) is 0 Å². The summed E-state index contributed by atoms with van der Waals surface area (Å²) >= 11 is 0. The molecule has 5 nitrogen and oxygen atoms in total. The first-order valence-electron chi connectivity index (χ1n) is 8.39. The Morgan fingerprint density at radius 2 is 1.85 bits per heavy atom. The summed E-state index contributed by atoms with van der Waals surface area (Å²) in [5.74, 6) is 1.41. The Balaban J connectivity index is 2.18. The highest BCUT2D eigenvalue weighted by Crippen LogP contribution is 2.31. The SMILES string of the molecule is [C-]#[N+]c1cc(C)cc(Oc2ccc(OC(C)(C)C(=O)OCC)c(C)c2)c1. The largest absolute Gasteiger partial charge is 0.476 e. The quantitative estimate of drug-likeness (QED) is 0.518. The van der Waals surface area contributed by atoms with Crippen LogP contribution in [0.5, 0.6) is 17.2 Å². The summed E-state index contributed by atoms with van der Waals surface area (Å²) in [7, 11) is 0. The van der Waals surface area contributed by atoms with Crippen molar-refractivity contribution in [1.82, 2.24) is 0 Å². The summed E-state index contributed by atoms with van der Waals surface area (Å²) in [5, 5.41) is 0. The van der Waals surface area contributed by atoms with Crippen LogP contribution in [0.15, 0.2) is 36.4 Å². The van der Waals surface area contributed by atoms with Crippen LogP contribution in [0.1, 0.15) is 31.9 Å². The van der Waals surface area contributed by atoms with Crippen LogP contribution in [0.25, 0.3) is 4.85 Å². The van der Waals surface area contributed by atoms with Gasteiger partial charge in [0.2, 0.25) is 0 Å². The number of carbonyl (C=O) groups is 1. The van der Waals surface area contributed by atoms with Crippen LogP contribution < -0.4 is 9.47 Å². The molecule has 5 heteroatoms. The van der Waals surface area contributed by atoms with Crippen LogP contribution in [0, 0.1) is 20.4 Å². The van der Waals surface area contributed by atoms with Crippen molar-refractivity contribution in [2.24, 2.45) is 0 Å². The zero-order valence-electron chi connectivity index (χ0n) is 15.8. The summed E-state index contributed by atoms with van der Waals surface area (Å²) in [5.41, 5.74) is 1.25. The number of hydrogen-bond donors (Lipinski definition) is 0. The molecule has 0 aliphatic heterocycles. The Morgan fingerprint density at radius 3 is 2.46 bits per heavy atom. The van der Waals surface area contributed by atoms with E-state index in [4.69, 9.17) is 20.8 Å². The van der Waals surface area contributed by atoms with Gasteiger partial charge >= 0.3 is 5.97 Å². The predicted octanol–water partition coefficient (Wildman–Crippen LogP) is 5.37. The van der Waals surface area contributed by atoms with Gasteiger partial charge in [0.15, 0.2) is 11.3 Å². The van der Waals surface area contributed by atoms with Crippen molar-refractivity contribution in [2.75, 3.05) is 6.61 Å². The Kier molecular flexibility index (Phi) is 5.89. The standard InChI is InChI=1S/C21H23NO4/c1-7-24-20(23)21(4,5)26-19-9-8-17(12-15(19)3)25-18-11-14(2)10-16(13-18)22-6/h8-13H,7H2,1-5H3. The number of hydrogen-bond acceptors (Lipinski definition) is 4. The van der Waals surface area contributed by atoms with Gasteiger partial charge in [0.05, 0.1) is 13.2 Å². The summed E-state index contributed by atoms with van der Waals surface area (Å²) in [4.78, 5) is 15.4. The van der Waals surface area contributed by atoms with E-state index in [2.05, 4.69) is 4.85 Å². The maximum atomic E-state index is 12.0. The fourth-order valence-electron chi connectivity index (χ4n) is 2.41. The van der Waals surface area contributed by atoms with Crippen LogP contribution >= 0.6 is 0 Å². The molecule has 0 N–H and O–H groups in total. The van der Waals surface area contributed by atoms with Crippen LogP contribution in [0.2, 0.25) is 0 Å². The zero-order valence-corrected chi connectivity index (χ0v) is 15.8. The number of ether oxygens (including phenoxy) is 3. The molecule has 0 heterocycles. The van der Waals surface area contributed by atoms with Crippen LogP contribution in [0.4, 0.5) is 5.69 Å². The third-order valence-electron chi connectivity index (χ3n) is 3.68. The van der Waals surface area contributed by atoms with E-state index < -0.39 is 11.6 Å². The second kappa shape index (κ2) is 7.92. The van der Waals surface area contributed by atoms with Gasteiger partial charge in [0.25, 0.3) is 0 Å². The van der Waals surface area contributed by atoms with Crippen molar-refractivity contribution in [3.63, 3.8) is 0 Å². The molecule has 0 aliphatic carbocycles. The average molecular weight is 353 g/mol. The van der Waals surface area contributed by atoms with E-state index in [0.29, 0.717) is 29.5 Å². The zero-order chi connectivity index (χ0) is 19.3. The molecule has 26 heavy (non-hydrogen) atoms. The normalized spacial score (nSPS) is 10.8. The Morgan fingerprint density at radius 1 is 1.12 bits per heavy atom. The highest BCUT2D eigenvalue weighted by atomic mass is 16.6. The number of rotatable bonds is 6. The van der Waals surface area contributed by atoms with Crippen LogP contribution in [-0.4, -0.2) is 18.2 Å². The molecule has 0 radical (unpaired) electrons. The van der Waals surface area contributed by atoms with Crippen molar-refractivity contribution in [3.05, 3.63) is 58.9 Å². The number of benzene rings is 2. The van der Waals surface area contributed by atoms with Gasteiger partial charge in [-0.1, -0.05) is 11.6 Å². The molecule has 0 fully saturated rings. The Hall–Kier alpha value is -3.00. The molecule has 2 aromatic rings. The van der Waals surface area contributed by atoms with Crippen molar-refractivity contribution in [3.8, 4) is 17.2 Å². The van der Waals surface area contributed by atoms with Gasteiger partial charge < -0.3 is 14.2 Å². The van der Waals surface area contributed by atoms with Gasteiger partial charge in [-0.3, -0.25) is 0 Å². The van der Waals surface area contributed by atoms with Crippen molar-refractivity contribution in [1.29, 1.82) is 0 Å². The highest BCUT2D eigenvalue weighted by Gasteiger charge is 2.32. The molecule has 0 unspecified atom stereocenters. The first-order chi connectivity index (χ1) is 12.2. The maximum absolute atomic E-state index is 12.0. The van der Waals surface area contributed by atoms with E-state index in [1.807, 2.05) is 26.0 Å². The lowest BCUT2D eigenvalue weighted by atomic mass is 10.1. The molecule has 0 aromatic heterocycles. The molecule has 2 aromatic carbocycles. The summed E-state index contributed by atoms with van der Waals surface area (Å²) in [6.45, 7) is 16.4. The van der Waals surface area contributed by atoms with E-state index >= 15 is 0 Å². The molecular formula is C21H23NO4. The average Bonchev–Trinajstić information content (AvgIpc) is 2.57. The predicted molar refractivity (Wildman–Crippen MR) is 100 cm³/mol. The Bertz CT molecular complexity index is 850.